The standard InChI is InChI=1S/C12H19NOS/c1-14-11(12-6-5-9-15-12)10-13-7-3-2-4-8-13/h5-6,9,11H,2-4,7-8,10H2,1H3. The molecule has 1 fully saturated rings. The van der Waals surface area contributed by atoms with Crippen molar-refractivity contribution < 1.29 is 4.74 Å². The summed E-state index contributed by atoms with van der Waals surface area (Å²) in [5, 5.41) is 2.12. The summed E-state index contributed by atoms with van der Waals surface area (Å²) < 4.78 is 5.57. The van der Waals surface area contributed by atoms with Gasteiger partial charge in [-0.15, -0.1) is 11.3 Å². The maximum Gasteiger partial charge on any atom is 0.104 e. The van der Waals surface area contributed by atoms with Crippen LogP contribution in [0.25, 0.3) is 0 Å². The number of likely N-dealkylation sites (tertiary alicyclic amines) is 1. The van der Waals surface area contributed by atoms with Crippen molar-refractivity contribution >= 4 is 11.3 Å². The van der Waals surface area contributed by atoms with Crippen LogP contribution in [0.4, 0.5) is 0 Å². The molecule has 0 spiro atoms. The van der Waals surface area contributed by atoms with Crippen molar-refractivity contribution in [1.82, 2.24) is 4.90 Å². The third-order valence-electron chi connectivity index (χ3n) is 3.02. The molecule has 0 saturated carbocycles. The van der Waals surface area contributed by atoms with E-state index in [9.17, 15) is 0 Å². The van der Waals surface area contributed by atoms with Gasteiger partial charge in [-0.1, -0.05) is 12.5 Å². The Hall–Kier alpha value is -0.380. The number of rotatable bonds is 4. The highest BCUT2D eigenvalue weighted by molar-refractivity contribution is 7.10. The second kappa shape index (κ2) is 5.64. The summed E-state index contributed by atoms with van der Waals surface area (Å²) in [7, 11) is 1.81. The minimum atomic E-state index is 0.267. The van der Waals surface area contributed by atoms with E-state index in [1.165, 1.54) is 37.2 Å². The highest BCUT2D eigenvalue weighted by Crippen LogP contribution is 2.24. The van der Waals surface area contributed by atoms with E-state index in [2.05, 4.69) is 22.4 Å². The van der Waals surface area contributed by atoms with Crippen molar-refractivity contribution in [2.45, 2.75) is 25.4 Å². The van der Waals surface area contributed by atoms with Gasteiger partial charge in [0.2, 0.25) is 0 Å². The molecule has 0 bridgehead atoms. The fourth-order valence-corrected chi connectivity index (χ4v) is 2.93. The van der Waals surface area contributed by atoms with Crippen LogP contribution in [0.5, 0.6) is 0 Å². The number of methoxy groups -OCH3 is 1. The third kappa shape index (κ3) is 3.03. The van der Waals surface area contributed by atoms with E-state index >= 15 is 0 Å². The Morgan fingerprint density at radius 2 is 2.20 bits per heavy atom. The van der Waals surface area contributed by atoms with E-state index in [0.717, 1.165) is 6.54 Å². The number of ether oxygens (including phenoxy) is 1. The van der Waals surface area contributed by atoms with E-state index in [1.54, 1.807) is 11.3 Å². The lowest BCUT2D eigenvalue weighted by Crippen LogP contribution is -2.33. The van der Waals surface area contributed by atoms with Crippen molar-refractivity contribution in [2.75, 3.05) is 26.7 Å². The predicted octanol–water partition coefficient (Wildman–Crippen LogP) is 2.92. The van der Waals surface area contributed by atoms with Crippen LogP contribution in [0.2, 0.25) is 0 Å². The molecule has 1 aliphatic heterocycles. The summed E-state index contributed by atoms with van der Waals surface area (Å²) in [5.74, 6) is 0. The Morgan fingerprint density at radius 3 is 2.80 bits per heavy atom. The number of hydrogen-bond donors (Lipinski definition) is 0. The smallest absolute Gasteiger partial charge is 0.104 e. The molecular weight excluding hydrogens is 206 g/mol. The van der Waals surface area contributed by atoms with Crippen LogP contribution in [0, 0.1) is 0 Å². The monoisotopic (exact) mass is 225 g/mol. The second-order valence-corrected chi connectivity index (χ2v) is 5.08. The molecule has 3 heteroatoms. The van der Waals surface area contributed by atoms with E-state index in [-0.39, 0.29) is 6.10 Å². The molecule has 0 N–H and O–H groups in total. The summed E-state index contributed by atoms with van der Waals surface area (Å²) in [6, 6.07) is 4.27. The first-order valence-electron chi connectivity index (χ1n) is 5.68. The molecule has 0 aromatic carbocycles. The zero-order chi connectivity index (χ0) is 10.5. The zero-order valence-corrected chi connectivity index (χ0v) is 10.1. The molecule has 0 amide bonds. The van der Waals surface area contributed by atoms with E-state index in [1.807, 2.05) is 7.11 Å². The summed E-state index contributed by atoms with van der Waals surface area (Å²) in [6.07, 6.45) is 4.36. The molecule has 1 atom stereocenters. The van der Waals surface area contributed by atoms with E-state index in [0.29, 0.717) is 0 Å². The maximum atomic E-state index is 5.57. The zero-order valence-electron chi connectivity index (χ0n) is 9.32. The van der Waals surface area contributed by atoms with Crippen molar-refractivity contribution in [2.24, 2.45) is 0 Å². The lowest BCUT2D eigenvalue weighted by molar-refractivity contribution is 0.0593. The first-order valence-corrected chi connectivity index (χ1v) is 6.56. The van der Waals surface area contributed by atoms with Crippen LogP contribution in [-0.2, 0) is 4.74 Å². The third-order valence-corrected chi connectivity index (χ3v) is 3.98. The number of piperidine rings is 1. The number of nitrogens with zero attached hydrogens (tertiary/aromatic N) is 1. The second-order valence-electron chi connectivity index (χ2n) is 4.10. The van der Waals surface area contributed by atoms with E-state index < -0.39 is 0 Å². The van der Waals surface area contributed by atoms with Crippen LogP contribution in [-0.4, -0.2) is 31.6 Å². The highest BCUT2D eigenvalue weighted by atomic mass is 32.1. The fraction of sp³-hybridized carbons (Fsp3) is 0.667. The molecule has 1 aromatic heterocycles. The molecule has 15 heavy (non-hydrogen) atoms. The molecule has 0 aliphatic carbocycles. The van der Waals surface area contributed by atoms with Gasteiger partial charge in [-0.2, -0.15) is 0 Å². The molecule has 2 rings (SSSR count). The van der Waals surface area contributed by atoms with Gasteiger partial charge >= 0.3 is 0 Å². The average molecular weight is 225 g/mol. The van der Waals surface area contributed by atoms with Crippen LogP contribution in [0.1, 0.15) is 30.2 Å². The van der Waals surface area contributed by atoms with Gasteiger partial charge in [-0.25, -0.2) is 0 Å². The van der Waals surface area contributed by atoms with Crippen molar-refractivity contribution in [3.63, 3.8) is 0 Å². The summed E-state index contributed by atoms with van der Waals surface area (Å²) >= 11 is 1.79. The Balaban J connectivity index is 1.90. The van der Waals surface area contributed by atoms with Crippen molar-refractivity contribution in [3.05, 3.63) is 22.4 Å². The molecule has 84 valence electrons. The fourth-order valence-electron chi connectivity index (χ4n) is 2.13. The molecule has 1 saturated heterocycles. The van der Waals surface area contributed by atoms with Gasteiger partial charge in [0.25, 0.3) is 0 Å². The lowest BCUT2D eigenvalue weighted by atomic mass is 10.1. The number of thiophene rings is 1. The molecule has 0 radical (unpaired) electrons. The lowest BCUT2D eigenvalue weighted by Gasteiger charge is -2.29. The topological polar surface area (TPSA) is 12.5 Å². The van der Waals surface area contributed by atoms with E-state index in [4.69, 9.17) is 4.74 Å². The Morgan fingerprint density at radius 1 is 1.40 bits per heavy atom. The van der Waals surface area contributed by atoms with Crippen molar-refractivity contribution in [1.29, 1.82) is 0 Å². The summed E-state index contributed by atoms with van der Waals surface area (Å²) in [6.45, 7) is 3.54. The van der Waals surface area contributed by atoms with Gasteiger partial charge in [-0.3, -0.25) is 0 Å². The Labute approximate surface area is 95.9 Å². The highest BCUT2D eigenvalue weighted by Gasteiger charge is 2.17. The largest absolute Gasteiger partial charge is 0.375 e. The molecule has 1 aliphatic rings. The minimum absolute atomic E-state index is 0.267. The van der Waals surface area contributed by atoms with Gasteiger partial charge < -0.3 is 9.64 Å². The molecule has 1 aromatic rings. The average Bonchev–Trinajstić information content (AvgIpc) is 2.81. The predicted molar refractivity (Wildman–Crippen MR) is 64.4 cm³/mol. The minimum Gasteiger partial charge on any atom is -0.375 e. The molecule has 2 nitrogen and oxygen atoms in total. The van der Waals surface area contributed by atoms with Gasteiger partial charge in [-0.05, 0) is 37.4 Å². The number of hydrogen-bond acceptors (Lipinski definition) is 3. The van der Waals surface area contributed by atoms with Crippen LogP contribution >= 0.6 is 11.3 Å². The van der Waals surface area contributed by atoms with Crippen LogP contribution in [0.15, 0.2) is 17.5 Å². The quantitative estimate of drug-likeness (QED) is 0.781. The van der Waals surface area contributed by atoms with Crippen LogP contribution < -0.4 is 0 Å². The molecule has 2 heterocycles. The SMILES string of the molecule is COC(CN1CCCCC1)c1cccs1. The van der Waals surface area contributed by atoms with Gasteiger partial charge in [0.1, 0.15) is 6.10 Å². The first-order chi connectivity index (χ1) is 7.40. The Bertz CT molecular complexity index is 267. The Kier molecular flexibility index (Phi) is 4.18. The summed E-state index contributed by atoms with van der Waals surface area (Å²) in [4.78, 5) is 3.88. The molecular formula is C12H19NOS. The first kappa shape index (κ1) is 11.1. The van der Waals surface area contributed by atoms with Crippen molar-refractivity contribution in [3.8, 4) is 0 Å². The summed E-state index contributed by atoms with van der Waals surface area (Å²) in [5.41, 5.74) is 0. The van der Waals surface area contributed by atoms with Gasteiger partial charge in [0, 0.05) is 18.5 Å². The van der Waals surface area contributed by atoms with Crippen LogP contribution in [0.3, 0.4) is 0 Å². The normalized spacial score (nSPS) is 20.3. The van der Waals surface area contributed by atoms with Gasteiger partial charge in [0.05, 0.1) is 0 Å². The maximum absolute atomic E-state index is 5.57. The molecule has 1 unspecified atom stereocenters. The van der Waals surface area contributed by atoms with Gasteiger partial charge in [0.15, 0.2) is 0 Å².